The zero-order valence-corrected chi connectivity index (χ0v) is 34.4. The molecule has 0 bridgehead atoms. The van der Waals surface area contributed by atoms with Gasteiger partial charge in [0.05, 0.1) is 17.2 Å². The van der Waals surface area contributed by atoms with Crippen LogP contribution < -0.4 is 0 Å². The maximum Gasteiger partial charge on any atom is 0.0724 e. The van der Waals surface area contributed by atoms with Gasteiger partial charge >= 0.3 is 0 Å². The van der Waals surface area contributed by atoms with Crippen molar-refractivity contribution in [2.24, 2.45) is 0 Å². The van der Waals surface area contributed by atoms with Crippen LogP contribution in [-0.4, -0.2) is 14.5 Å². The molecule has 277 valence electrons. The number of aryl methyl sites for hydroxylation is 2. The summed E-state index contributed by atoms with van der Waals surface area (Å²) in [5.41, 5.74) is 21.4. The van der Waals surface area contributed by atoms with Gasteiger partial charge in [0.2, 0.25) is 0 Å². The van der Waals surface area contributed by atoms with Crippen LogP contribution in [0.2, 0.25) is 0 Å². The van der Waals surface area contributed by atoms with Gasteiger partial charge in [-0.2, -0.15) is 0 Å². The van der Waals surface area contributed by atoms with E-state index < -0.39 is 0 Å². The van der Waals surface area contributed by atoms with Crippen LogP contribution in [0.4, 0.5) is 0 Å². The SMILES string of the molecule is Cc1cc(-n2c3ccccc3c3ccncc32)ccc1-c1ccc2c(c1)C1(CCCC1)c1cc(-c3cc(-c4cc[c-]c(-c5ccccn5)c4)ccc3C)ccc1-2.[Ir]. The van der Waals surface area contributed by atoms with Crippen molar-refractivity contribution in [3.05, 3.63) is 186 Å². The molecule has 1 radical (unpaired) electrons. The predicted octanol–water partition coefficient (Wildman–Crippen LogP) is 13.5. The molecule has 57 heavy (non-hydrogen) atoms. The molecular formula is C53H40IrN3-. The molecule has 0 aliphatic heterocycles. The van der Waals surface area contributed by atoms with Crippen LogP contribution in [0.5, 0.6) is 0 Å². The molecule has 2 aliphatic carbocycles. The Kier molecular flexibility index (Phi) is 8.66. The van der Waals surface area contributed by atoms with Gasteiger partial charge in [-0.25, -0.2) is 0 Å². The second kappa shape index (κ2) is 13.9. The Bertz CT molecular complexity index is 2950. The molecule has 1 fully saturated rings. The minimum atomic E-state index is 0. The van der Waals surface area contributed by atoms with E-state index in [9.17, 15) is 0 Å². The second-order valence-corrected chi connectivity index (χ2v) is 15.8. The predicted molar refractivity (Wildman–Crippen MR) is 231 cm³/mol. The van der Waals surface area contributed by atoms with Crippen LogP contribution in [0.3, 0.4) is 0 Å². The Hall–Kier alpha value is -5.93. The van der Waals surface area contributed by atoms with Gasteiger partial charge in [0.25, 0.3) is 0 Å². The Morgan fingerprint density at radius 3 is 2.04 bits per heavy atom. The molecule has 3 heterocycles. The number of rotatable bonds is 5. The van der Waals surface area contributed by atoms with Crippen LogP contribution in [0.1, 0.15) is 47.9 Å². The van der Waals surface area contributed by atoms with Gasteiger partial charge in [0, 0.05) is 54.4 Å². The van der Waals surface area contributed by atoms with Crippen molar-refractivity contribution in [3.63, 3.8) is 0 Å². The molecule has 1 spiro atoms. The first-order valence-corrected chi connectivity index (χ1v) is 19.8. The molecule has 1 saturated carbocycles. The average Bonchev–Trinajstić information content (AvgIpc) is 3.95. The van der Waals surface area contributed by atoms with Crippen LogP contribution in [0.25, 0.3) is 83.3 Å². The summed E-state index contributed by atoms with van der Waals surface area (Å²) in [6.45, 7) is 4.50. The van der Waals surface area contributed by atoms with E-state index in [4.69, 9.17) is 0 Å². The zero-order chi connectivity index (χ0) is 37.4. The molecule has 2 aliphatic rings. The van der Waals surface area contributed by atoms with E-state index in [1.807, 2.05) is 42.9 Å². The van der Waals surface area contributed by atoms with E-state index in [1.54, 1.807) is 0 Å². The number of pyridine rings is 2. The molecule has 6 aromatic carbocycles. The largest absolute Gasteiger partial charge is 0.308 e. The molecular weight excluding hydrogens is 871 g/mol. The summed E-state index contributed by atoms with van der Waals surface area (Å²) < 4.78 is 2.36. The first-order valence-electron chi connectivity index (χ1n) is 19.8. The maximum absolute atomic E-state index is 4.57. The van der Waals surface area contributed by atoms with E-state index in [1.165, 1.54) is 109 Å². The molecule has 0 atom stereocenters. The van der Waals surface area contributed by atoms with E-state index in [2.05, 4.69) is 150 Å². The molecule has 11 rings (SSSR count). The molecule has 0 unspecified atom stereocenters. The Morgan fingerprint density at radius 1 is 0.561 bits per heavy atom. The minimum Gasteiger partial charge on any atom is -0.308 e. The molecule has 0 saturated heterocycles. The molecule has 3 aromatic heterocycles. The van der Waals surface area contributed by atoms with Gasteiger partial charge in [0.1, 0.15) is 0 Å². The third-order valence-electron chi connectivity index (χ3n) is 12.7. The fraction of sp³-hybridized carbons (Fsp3) is 0.132. The topological polar surface area (TPSA) is 30.7 Å². The van der Waals surface area contributed by atoms with Gasteiger partial charge in [-0.05, 0) is 142 Å². The normalized spacial score (nSPS) is 13.9. The van der Waals surface area contributed by atoms with Crippen LogP contribution in [0.15, 0.2) is 158 Å². The summed E-state index contributed by atoms with van der Waals surface area (Å²) in [6, 6.07) is 55.0. The van der Waals surface area contributed by atoms with E-state index in [0.717, 1.165) is 22.5 Å². The van der Waals surface area contributed by atoms with Crippen molar-refractivity contribution in [2.45, 2.75) is 44.9 Å². The molecule has 0 N–H and O–H groups in total. The number of hydrogen-bond acceptors (Lipinski definition) is 2. The smallest absolute Gasteiger partial charge is 0.0724 e. The third-order valence-corrected chi connectivity index (χ3v) is 12.7. The number of benzene rings is 6. The van der Waals surface area contributed by atoms with Gasteiger partial charge in [-0.3, -0.25) is 4.98 Å². The van der Waals surface area contributed by atoms with Gasteiger partial charge in [-0.15, -0.1) is 35.4 Å². The van der Waals surface area contributed by atoms with E-state index >= 15 is 0 Å². The first-order chi connectivity index (χ1) is 27.6. The summed E-state index contributed by atoms with van der Waals surface area (Å²) in [4.78, 5) is 9.07. The van der Waals surface area contributed by atoms with E-state index in [-0.39, 0.29) is 25.5 Å². The van der Waals surface area contributed by atoms with Crippen molar-refractivity contribution in [1.82, 2.24) is 14.5 Å². The van der Waals surface area contributed by atoms with Crippen LogP contribution >= 0.6 is 0 Å². The third kappa shape index (κ3) is 5.65. The summed E-state index contributed by atoms with van der Waals surface area (Å²) in [6.07, 6.45) is 10.6. The van der Waals surface area contributed by atoms with Gasteiger partial charge < -0.3 is 9.55 Å². The molecule has 9 aromatic rings. The summed E-state index contributed by atoms with van der Waals surface area (Å²) >= 11 is 0. The average molecular weight is 911 g/mol. The van der Waals surface area contributed by atoms with Crippen LogP contribution in [0, 0.1) is 19.9 Å². The Morgan fingerprint density at radius 2 is 1.26 bits per heavy atom. The Labute approximate surface area is 347 Å². The quantitative estimate of drug-likeness (QED) is 0.161. The summed E-state index contributed by atoms with van der Waals surface area (Å²) in [5, 5.41) is 2.48. The number of fused-ring (bicyclic) bond motifs is 8. The molecule has 0 amide bonds. The molecule has 4 heteroatoms. The Balaban J connectivity index is 0.00000396. The van der Waals surface area contributed by atoms with Crippen molar-refractivity contribution >= 4 is 21.8 Å². The fourth-order valence-corrected chi connectivity index (χ4v) is 9.98. The fourth-order valence-electron chi connectivity index (χ4n) is 9.98. The monoisotopic (exact) mass is 911 g/mol. The molecule has 3 nitrogen and oxygen atoms in total. The second-order valence-electron chi connectivity index (χ2n) is 15.8. The summed E-state index contributed by atoms with van der Waals surface area (Å²) in [7, 11) is 0. The van der Waals surface area contributed by atoms with Gasteiger partial charge in [0.15, 0.2) is 0 Å². The maximum atomic E-state index is 4.57. The van der Waals surface area contributed by atoms with Crippen molar-refractivity contribution in [3.8, 4) is 61.5 Å². The van der Waals surface area contributed by atoms with Crippen LogP contribution in [-0.2, 0) is 25.5 Å². The van der Waals surface area contributed by atoms with Crippen molar-refractivity contribution < 1.29 is 20.1 Å². The number of nitrogens with zero attached hydrogens (tertiary/aromatic N) is 3. The number of aromatic nitrogens is 3. The minimum absolute atomic E-state index is 0. The van der Waals surface area contributed by atoms with E-state index in [0.29, 0.717) is 0 Å². The van der Waals surface area contributed by atoms with Crippen molar-refractivity contribution in [1.29, 1.82) is 0 Å². The van der Waals surface area contributed by atoms with Gasteiger partial charge in [-0.1, -0.05) is 85.6 Å². The van der Waals surface area contributed by atoms with Crippen molar-refractivity contribution in [2.75, 3.05) is 0 Å². The summed E-state index contributed by atoms with van der Waals surface area (Å²) in [5.74, 6) is 0. The standard InChI is InChI=1S/C53H40N3.Ir/c1-34-15-16-37(36-10-9-11-40(29-36)50-13-5-8-26-55-50)30-47(34)39-18-21-44-43-20-17-38(31-48(43)53(49(44)32-39)24-6-7-25-53)42-22-19-41(28-35(42)2)56-51-14-4-3-12-45(51)46-23-27-54-33-52(46)56;/h3-5,8-10,12-23,26-33H,6-7,24-25H2,1-2H3;/q-1;. The zero-order valence-electron chi connectivity index (χ0n) is 32.0. The number of hydrogen-bond donors (Lipinski definition) is 0. The number of para-hydroxylation sites is 1. The first kappa shape index (κ1) is 35.5.